The molecule has 4 saturated carbocycles. The molecular formula is C50H40N2. The van der Waals surface area contributed by atoms with Crippen molar-refractivity contribution in [3.05, 3.63) is 169 Å². The van der Waals surface area contributed by atoms with Crippen LogP contribution in [-0.2, 0) is 5.41 Å². The fourth-order valence-corrected chi connectivity index (χ4v) is 12.0. The van der Waals surface area contributed by atoms with Gasteiger partial charge >= 0.3 is 0 Å². The Morgan fingerprint density at radius 3 is 1.90 bits per heavy atom. The Bertz CT molecular complexity index is 2690. The first kappa shape index (κ1) is 29.0. The van der Waals surface area contributed by atoms with Gasteiger partial charge in [0.05, 0.1) is 11.0 Å². The zero-order valence-electron chi connectivity index (χ0n) is 29.3. The van der Waals surface area contributed by atoms with E-state index in [1.165, 1.54) is 98.6 Å². The van der Waals surface area contributed by atoms with Gasteiger partial charge < -0.3 is 9.47 Å². The molecule has 0 amide bonds. The number of para-hydroxylation sites is 2. The normalized spacial score (nSPS) is 23.8. The predicted octanol–water partition coefficient (Wildman–Crippen LogP) is 13.1. The number of aromatic nitrogens is 1. The van der Waals surface area contributed by atoms with Gasteiger partial charge in [0.1, 0.15) is 0 Å². The monoisotopic (exact) mass is 668 g/mol. The quantitative estimate of drug-likeness (QED) is 0.181. The standard InChI is InChI=1S/C50H40N2/c1-2-12-38(13-3-1)52-48-17-9-7-15-43(48)45-31-41(21-23-49(45)52)51(39-19-18-34-10-4-5-11-35(34)29-39)40-20-22-47-44(30-40)42-14-6-8-16-46(42)50(47)36-25-32-24-33(27-36)28-37(50)26-32/h1-23,29-33,36-37H,24-28H2. The Labute approximate surface area is 305 Å². The summed E-state index contributed by atoms with van der Waals surface area (Å²) >= 11 is 0. The van der Waals surface area contributed by atoms with Crippen LogP contribution < -0.4 is 4.90 Å². The van der Waals surface area contributed by atoms with E-state index < -0.39 is 0 Å². The number of hydrogen-bond donors (Lipinski definition) is 0. The molecule has 13 rings (SSSR count). The average molecular weight is 669 g/mol. The van der Waals surface area contributed by atoms with Crippen molar-refractivity contribution >= 4 is 49.6 Å². The minimum Gasteiger partial charge on any atom is -0.310 e. The van der Waals surface area contributed by atoms with Gasteiger partial charge in [0.25, 0.3) is 0 Å². The molecule has 1 aromatic heterocycles. The van der Waals surface area contributed by atoms with Gasteiger partial charge in [-0.2, -0.15) is 0 Å². The van der Waals surface area contributed by atoms with Crippen molar-refractivity contribution in [3.63, 3.8) is 0 Å². The maximum atomic E-state index is 2.56. The summed E-state index contributed by atoms with van der Waals surface area (Å²) in [5.41, 5.74) is 13.5. The topological polar surface area (TPSA) is 8.17 Å². The van der Waals surface area contributed by atoms with Crippen LogP contribution in [0.25, 0.3) is 49.4 Å². The number of fused-ring (bicyclic) bond motifs is 7. The number of anilines is 3. The lowest BCUT2D eigenvalue weighted by atomic mass is 9.43. The number of benzene rings is 7. The highest BCUT2D eigenvalue weighted by Gasteiger charge is 2.61. The molecule has 0 N–H and O–H groups in total. The zero-order valence-corrected chi connectivity index (χ0v) is 29.3. The second-order valence-corrected chi connectivity index (χ2v) is 16.2. The first-order chi connectivity index (χ1) is 25.7. The maximum Gasteiger partial charge on any atom is 0.0542 e. The number of rotatable bonds is 4. The van der Waals surface area contributed by atoms with Crippen LogP contribution >= 0.6 is 0 Å². The summed E-state index contributed by atoms with van der Waals surface area (Å²) in [7, 11) is 0. The molecule has 4 fully saturated rings. The molecule has 4 bridgehead atoms. The van der Waals surface area contributed by atoms with E-state index in [4.69, 9.17) is 0 Å². The van der Waals surface area contributed by atoms with E-state index >= 15 is 0 Å². The largest absolute Gasteiger partial charge is 0.310 e. The third-order valence-corrected chi connectivity index (χ3v) is 13.7. The van der Waals surface area contributed by atoms with Crippen molar-refractivity contribution in [2.45, 2.75) is 37.5 Å². The first-order valence-corrected chi connectivity index (χ1v) is 19.4. The van der Waals surface area contributed by atoms with Gasteiger partial charge in [-0.3, -0.25) is 0 Å². The highest BCUT2D eigenvalue weighted by atomic mass is 15.1. The van der Waals surface area contributed by atoms with Crippen molar-refractivity contribution in [2.75, 3.05) is 4.90 Å². The first-order valence-electron chi connectivity index (χ1n) is 19.4. The van der Waals surface area contributed by atoms with Crippen LogP contribution in [0.5, 0.6) is 0 Å². The summed E-state index contributed by atoms with van der Waals surface area (Å²) in [6.45, 7) is 0. The Kier molecular flexibility index (Phi) is 5.98. The van der Waals surface area contributed by atoms with Gasteiger partial charge in [0, 0.05) is 38.9 Å². The van der Waals surface area contributed by atoms with Gasteiger partial charge in [-0.15, -0.1) is 0 Å². The Balaban J connectivity index is 1.08. The molecule has 2 heteroatoms. The maximum absolute atomic E-state index is 2.56. The van der Waals surface area contributed by atoms with Crippen molar-refractivity contribution in [1.29, 1.82) is 0 Å². The predicted molar refractivity (Wildman–Crippen MR) is 216 cm³/mol. The molecule has 52 heavy (non-hydrogen) atoms. The summed E-state index contributed by atoms with van der Waals surface area (Å²) in [5.74, 6) is 3.40. The van der Waals surface area contributed by atoms with Gasteiger partial charge in [-0.05, 0) is 149 Å². The molecule has 250 valence electrons. The molecule has 5 aliphatic carbocycles. The Hall–Kier alpha value is -5.60. The molecule has 0 unspecified atom stereocenters. The average Bonchev–Trinajstić information content (AvgIpc) is 3.67. The fraction of sp³-hybridized carbons (Fsp3) is 0.200. The Morgan fingerprint density at radius 1 is 0.442 bits per heavy atom. The summed E-state index contributed by atoms with van der Waals surface area (Å²) in [6.07, 6.45) is 7.10. The van der Waals surface area contributed by atoms with Gasteiger partial charge in [-0.25, -0.2) is 0 Å². The van der Waals surface area contributed by atoms with Gasteiger partial charge in [0.2, 0.25) is 0 Å². The summed E-state index contributed by atoms with van der Waals surface area (Å²) in [6, 6.07) is 59.4. The van der Waals surface area contributed by atoms with Crippen molar-refractivity contribution in [3.8, 4) is 16.8 Å². The van der Waals surface area contributed by atoms with Crippen LogP contribution in [-0.4, -0.2) is 4.57 Å². The van der Waals surface area contributed by atoms with Crippen LogP contribution in [0.1, 0.15) is 43.2 Å². The van der Waals surface area contributed by atoms with E-state index in [1.807, 2.05) is 0 Å². The van der Waals surface area contributed by atoms with Crippen LogP contribution in [0, 0.1) is 23.7 Å². The lowest BCUT2D eigenvalue weighted by Gasteiger charge is -2.61. The summed E-state index contributed by atoms with van der Waals surface area (Å²) < 4.78 is 2.41. The van der Waals surface area contributed by atoms with Crippen LogP contribution in [0.4, 0.5) is 17.1 Å². The van der Waals surface area contributed by atoms with Crippen molar-refractivity contribution < 1.29 is 0 Å². The molecule has 1 spiro atoms. The summed E-state index contributed by atoms with van der Waals surface area (Å²) in [4.78, 5) is 2.51. The lowest BCUT2D eigenvalue weighted by molar-refractivity contribution is -0.0399. The second-order valence-electron chi connectivity index (χ2n) is 16.2. The third kappa shape index (κ3) is 3.90. The molecule has 2 nitrogen and oxygen atoms in total. The fourth-order valence-electron chi connectivity index (χ4n) is 12.0. The second kappa shape index (κ2) is 10.7. The molecule has 8 aromatic rings. The van der Waals surface area contributed by atoms with Crippen molar-refractivity contribution in [1.82, 2.24) is 4.57 Å². The van der Waals surface area contributed by atoms with Crippen LogP contribution in [0.15, 0.2) is 158 Å². The zero-order chi connectivity index (χ0) is 34.0. The van der Waals surface area contributed by atoms with Crippen LogP contribution in [0.2, 0.25) is 0 Å². The highest BCUT2D eigenvalue weighted by Crippen LogP contribution is 2.69. The van der Waals surface area contributed by atoms with E-state index in [-0.39, 0.29) is 5.41 Å². The molecule has 5 aliphatic rings. The molecular weight excluding hydrogens is 629 g/mol. The van der Waals surface area contributed by atoms with E-state index in [1.54, 1.807) is 11.1 Å². The van der Waals surface area contributed by atoms with Gasteiger partial charge in [-0.1, -0.05) is 97.1 Å². The van der Waals surface area contributed by atoms with Crippen LogP contribution in [0.3, 0.4) is 0 Å². The molecule has 7 aromatic carbocycles. The minimum absolute atomic E-state index is 0.170. The smallest absolute Gasteiger partial charge is 0.0542 e. The van der Waals surface area contributed by atoms with E-state index in [0.717, 1.165) is 23.7 Å². The lowest BCUT2D eigenvalue weighted by Crippen LogP contribution is -2.55. The van der Waals surface area contributed by atoms with E-state index in [2.05, 4.69) is 167 Å². The van der Waals surface area contributed by atoms with Gasteiger partial charge in [0.15, 0.2) is 0 Å². The van der Waals surface area contributed by atoms with E-state index in [0.29, 0.717) is 0 Å². The third-order valence-electron chi connectivity index (χ3n) is 13.7. The van der Waals surface area contributed by atoms with Crippen molar-refractivity contribution in [2.24, 2.45) is 23.7 Å². The summed E-state index contributed by atoms with van der Waals surface area (Å²) in [5, 5.41) is 5.06. The molecule has 0 saturated heterocycles. The Morgan fingerprint density at radius 2 is 1.06 bits per heavy atom. The molecule has 0 aliphatic heterocycles. The molecule has 0 atom stereocenters. The number of nitrogens with zero attached hydrogens (tertiary/aromatic N) is 2. The molecule has 0 radical (unpaired) electrons. The SMILES string of the molecule is c1ccc(-n2c3ccccc3c3cc(N(c4ccc5c(c4)-c4ccccc4C54C5CC6CC(C5)CC4C6)c4ccc5ccccc5c4)ccc32)cc1. The molecule has 1 heterocycles. The highest BCUT2D eigenvalue weighted by molar-refractivity contribution is 6.11. The van der Waals surface area contributed by atoms with E-state index in [9.17, 15) is 0 Å². The minimum atomic E-state index is 0.170. The number of hydrogen-bond acceptors (Lipinski definition) is 1.